The third-order valence-corrected chi connectivity index (χ3v) is 4.87. The molecule has 25 heavy (non-hydrogen) atoms. The normalized spacial score (nSPS) is 16.4. The van der Waals surface area contributed by atoms with Crippen molar-refractivity contribution in [3.8, 4) is 0 Å². The Kier molecular flexibility index (Phi) is 3.86. The Bertz CT molecular complexity index is 1020. The van der Waals surface area contributed by atoms with Crippen molar-refractivity contribution in [1.82, 2.24) is 9.55 Å². The second-order valence-corrected chi connectivity index (χ2v) is 6.44. The predicted octanol–water partition coefficient (Wildman–Crippen LogP) is 3.87. The van der Waals surface area contributed by atoms with E-state index in [-0.39, 0.29) is 23.3 Å². The molecule has 0 aliphatic carbocycles. The Morgan fingerprint density at radius 3 is 2.84 bits per heavy atom. The minimum absolute atomic E-state index is 0.0113. The van der Waals surface area contributed by atoms with Crippen LogP contribution in [0, 0.1) is 0 Å². The molecule has 3 aromatic rings. The summed E-state index contributed by atoms with van der Waals surface area (Å²) in [7, 11) is 0. The molecule has 126 valence electrons. The molecule has 2 amide bonds. The first-order valence-electron chi connectivity index (χ1n) is 7.56. The van der Waals surface area contributed by atoms with Crippen molar-refractivity contribution >= 4 is 57.7 Å². The van der Waals surface area contributed by atoms with Crippen molar-refractivity contribution in [2.24, 2.45) is 0 Å². The number of anilines is 2. The average molecular weight is 375 g/mol. The topological polar surface area (TPSA) is 76.0 Å². The number of carbonyl (C=O) groups excluding carboxylic acids is 2. The number of imidazole rings is 1. The van der Waals surface area contributed by atoms with E-state index in [1.54, 1.807) is 22.8 Å². The number of benzene rings is 2. The van der Waals surface area contributed by atoms with Gasteiger partial charge in [0.2, 0.25) is 17.8 Å². The molecule has 2 N–H and O–H groups in total. The molecule has 1 unspecified atom stereocenters. The quantitative estimate of drug-likeness (QED) is 0.714. The number of nitrogens with one attached hydrogen (secondary N) is 2. The predicted molar refractivity (Wildman–Crippen MR) is 97.1 cm³/mol. The van der Waals surface area contributed by atoms with Gasteiger partial charge in [-0.2, -0.15) is 0 Å². The van der Waals surface area contributed by atoms with Gasteiger partial charge in [-0.1, -0.05) is 41.4 Å². The van der Waals surface area contributed by atoms with Gasteiger partial charge in [-0.3, -0.25) is 19.5 Å². The van der Waals surface area contributed by atoms with Crippen molar-refractivity contribution in [2.75, 3.05) is 10.6 Å². The van der Waals surface area contributed by atoms with E-state index in [1.165, 1.54) is 0 Å². The highest BCUT2D eigenvalue weighted by Gasteiger charge is 2.33. The summed E-state index contributed by atoms with van der Waals surface area (Å²) in [4.78, 5) is 29.2. The fourth-order valence-electron chi connectivity index (χ4n) is 2.92. The zero-order valence-electron chi connectivity index (χ0n) is 12.8. The molecule has 1 aliphatic heterocycles. The smallest absolute Gasteiger partial charge is 0.248 e. The van der Waals surface area contributed by atoms with Crippen LogP contribution in [0.25, 0.3) is 11.0 Å². The van der Waals surface area contributed by atoms with Crippen molar-refractivity contribution in [3.05, 3.63) is 52.5 Å². The van der Waals surface area contributed by atoms with Gasteiger partial charge in [0.25, 0.3) is 0 Å². The van der Waals surface area contributed by atoms with Crippen molar-refractivity contribution in [2.45, 2.75) is 12.5 Å². The summed E-state index contributed by atoms with van der Waals surface area (Å²) < 4.78 is 1.73. The second kappa shape index (κ2) is 6.06. The number of nitrogens with zero attached hydrogens (tertiary/aromatic N) is 2. The zero-order valence-corrected chi connectivity index (χ0v) is 14.3. The van der Waals surface area contributed by atoms with Crippen molar-refractivity contribution in [1.29, 1.82) is 0 Å². The van der Waals surface area contributed by atoms with Gasteiger partial charge in [-0.15, -0.1) is 0 Å². The molecule has 2 heterocycles. The molecule has 0 spiro atoms. The lowest BCUT2D eigenvalue weighted by Crippen LogP contribution is -2.35. The van der Waals surface area contributed by atoms with E-state index in [4.69, 9.17) is 23.2 Å². The van der Waals surface area contributed by atoms with Crippen LogP contribution in [-0.4, -0.2) is 21.4 Å². The first kappa shape index (κ1) is 15.9. The van der Waals surface area contributed by atoms with Crippen LogP contribution in [0.2, 0.25) is 10.0 Å². The maximum Gasteiger partial charge on any atom is 0.248 e. The van der Waals surface area contributed by atoms with Crippen LogP contribution in [0.5, 0.6) is 0 Å². The summed E-state index contributed by atoms with van der Waals surface area (Å²) in [5, 5.41) is 6.06. The summed E-state index contributed by atoms with van der Waals surface area (Å²) in [5.41, 5.74) is 1.88. The second-order valence-electron chi connectivity index (χ2n) is 5.65. The van der Waals surface area contributed by atoms with Gasteiger partial charge in [0, 0.05) is 0 Å². The molecule has 1 atom stereocenters. The molecule has 0 fully saturated rings. The average Bonchev–Trinajstić information content (AvgIpc) is 2.96. The lowest BCUT2D eigenvalue weighted by molar-refractivity contribution is -0.124. The summed E-state index contributed by atoms with van der Waals surface area (Å²) >= 11 is 12.1. The van der Waals surface area contributed by atoms with E-state index in [9.17, 15) is 9.59 Å². The highest BCUT2D eigenvalue weighted by molar-refractivity contribution is 6.44. The van der Waals surface area contributed by atoms with Crippen molar-refractivity contribution < 1.29 is 9.59 Å². The summed E-state index contributed by atoms with van der Waals surface area (Å²) in [6.45, 7) is 0. The number of rotatable bonds is 2. The Hall–Kier alpha value is -2.57. The lowest BCUT2D eigenvalue weighted by atomic mass is 10.1. The maximum absolute atomic E-state index is 12.8. The van der Waals surface area contributed by atoms with Crippen LogP contribution < -0.4 is 10.6 Å². The first-order valence-corrected chi connectivity index (χ1v) is 8.32. The number of para-hydroxylation sites is 2. The monoisotopic (exact) mass is 374 g/mol. The lowest BCUT2D eigenvalue weighted by Gasteiger charge is -2.25. The van der Waals surface area contributed by atoms with E-state index in [1.807, 2.05) is 24.3 Å². The molecule has 2 aromatic carbocycles. The van der Waals surface area contributed by atoms with E-state index in [0.29, 0.717) is 22.2 Å². The highest BCUT2D eigenvalue weighted by atomic mass is 35.5. The van der Waals surface area contributed by atoms with Crippen LogP contribution in [0.1, 0.15) is 12.5 Å². The van der Waals surface area contributed by atoms with E-state index in [0.717, 1.165) is 5.52 Å². The van der Waals surface area contributed by atoms with Gasteiger partial charge in [-0.25, -0.2) is 4.98 Å². The Morgan fingerprint density at radius 1 is 1.20 bits per heavy atom. The molecular formula is C17H12Cl2N4O2. The fourth-order valence-corrected chi connectivity index (χ4v) is 3.26. The van der Waals surface area contributed by atoms with E-state index >= 15 is 0 Å². The third-order valence-electron chi connectivity index (χ3n) is 4.05. The number of hydrogen-bond donors (Lipinski definition) is 2. The molecular weight excluding hydrogens is 363 g/mol. The minimum Gasteiger partial charge on any atom is -0.323 e. The van der Waals surface area contributed by atoms with E-state index < -0.39 is 6.04 Å². The fraction of sp³-hybridized carbons (Fsp3) is 0.118. The van der Waals surface area contributed by atoms with Crippen LogP contribution in [0.15, 0.2) is 42.5 Å². The minimum atomic E-state index is -0.730. The van der Waals surface area contributed by atoms with Gasteiger partial charge in [-0.05, 0) is 24.3 Å². The molecule has 0 saturated carbocycles. The zero-order chi connectivity index (χ0) is 17.6. The van der Waals surface area contributed by atoms with Gasteiger partial charge < -0.3 is 5.32 Å². The van der Waals surface area contributed by atoms with E-state index in [2.05, 4.69) is 15.6 Å². The molecule has 8 heteroatoms. The molecule has 0 bridgehead atoms. The van der Waals surface area contributed by atoms with Crippen LogP contribution in [0.3, 0.4) is 0 Å². The first-order chi connectivity index (χ1) is 12.0. The molecule has 0 radical (unpaired) electrons. The number of aromatic nitrogens is 2. The SMILES string of the molecule is O=C1CC(C(=O)Nc2cccc(Cl)c2Cl)n2c(nc3ccccc32)N1. The number of carbonyl (C=O) groups is 2. The van der Waals surface area contributed by atoms with Gasteiger partial charge in [0.05, 0.1) is 33.2 Å². The molecule has 0 saturated heterocycles. The number of fused-ring (bicyclic) bond motifs is 3. The third kappa shape index (κ3) is 2.73. The van der Waals surface area contributed by atoms with Gasteiger partial charge in [0.1, 0.15) is 6.04 Å². The van der Waals surface area contributed by atoms with Gasteiger partial charge in [0.15, 0.2) is 0 Å². The van der Waals surface area contributed by atoms with Crippen LogP contribution in [-0.2, 0) is 9.59 Å². The maximum atomic E-state index is 12.8. The summed E-state index contributed by atoms with van der Waals surface area (Å²) in [6.07, 6.45) is 0.0113. The molecule has 1 aliphatic rings. The number of hydrogen-bond acceptors (Lipinski definition) is 3. The van der Waals surface area contributed by atoms with Gasteiger partial charge >= 0.3 is 0 Å². The Morgan fingerprint density at radius 2 is 2.00 bits per heavy atom. The standard InChI is InChI=1S/C17H12Cl2N4O2/c18-9-4-3-6-11(15(9)19)20-16(25)13-8-14(24)22-17-21-10-5-1-2-7-12(10)23(13)17/h1-7,13H,8H2,(H,20,25)(H,21,22,24). The Labute approximate surface area is 152 Å². The highest BCUT2D eigenvalue weighted by Crippen LogP contribution is 2.33. The number of amides is 2. The summed E-state index contributed by atoms with van der Waals surface area (Å²) in [6, 6.07) is 11.6. The molecule has 1 aromatic heterocycles. The number of halogens is 2. The summed E-state index contributed by atoms with van der Waals surface area (Å²) in [5.74, 6) is -0.265. The largest absolute Gasteiger partial charge is 0.323 e. The van der Waals surface area contributed by atoms with Crippen molar-refractivity contribution in [3.63, 3.8) is 0 Å². The van der Waals surface area contributed by atoms with Crippen LogP contribution >= 0.6 is 23.2 Å². The van der Waals surface area contributed by atoms with Crippen LogP contribution in [0.4, 0.5) is 11.6 Å². The molecule has 4 rings (SSSR count). The molecule has 6 nitrogen and oxygen atoms in total. The Balaban J connectivity index is 1.74.